The van der Waals surface area contributed by atoms with Gasteiger partial charge in [-0.05, 0) is 95.0 Å². The highest BCUT2D eigenvalue weighted by molar-refractivity contribution is 6.30. The lowest BCUT2D eigenvalue weighted by Gasteiger charge is -2.26. The van der Waals surface area contributed by atoms with Crippen molar-refractivity contribution < 1.29 is 8.83 Å². The molecule has 0 atom stereocenters. The molecule has 4 heteroatoms. The number of rotatable bonds is 6. The minimum absolute atomic E-state index is 0.831. The average molecular weight is 693 g/mol. The maximum atomic E-state index is 6.98. The minimum Gasteiger partial charge on any atom is -0.455 e. The molecule has 0 unspecified atom stereocenters. The first kappa shape index (κ1) is 30.3. The van der Waals surface area contributed by atoms with Crippen LogP contribution < -0.4 is 9.80 Å². The van der Waals surface area contributed by atoms with Gasteiger partial charge in [0.1, 0.15) is 16.7 Å². The van der Waals surface area contributed by atoms with E-state index in [4.69, 9.17) is 8.83 Å². The summed E-state index contributed by atoms with van der Waals surface area (Å²) in [5.41, 5.74) is 9.71. The molecule has 2 aromatic heterocycles. The first-order chi connectivity index (χ1) is 26.8. The molecule has 0 aliphatic rings. The van der Waals surface area contributed by atoms with E-state index < -0.39 is 0 Å². The number of anilines is 6. The molecule has 0 spiro atoms. The molecule has 0 fully saturated rings. The number of furan rings is 2. The van der Waals surface area contributed by atoms with E-state index in [9.17, 15) is 0 Å². The van der Waals surface area contributed by atoms with Crippen LogP contribution in [0.4, 0.5) is 34.1 Å². The van der Waals surface area contributed by atoms with E-state index in [1.807, 2.05) is 18.2 Å². The average Bonchev–Trinajstić information content (AvgIpc) is 3.82. The van der Waals surface area contributed by atoms with Gasteiger partial charge in [-0.1, -0.05) is 109 Å². The summed E-state index contributed by atoms with van der Waals surface area (Å²) in [6, 6.07) is 68.2. The molecule has 0 saturated heterocycles. The molecule has 0 N–H and O–H groups in total. The third-order valence-corrected chi connectivity index (χ3v) is 10.6. The van der Waals surface area contributed by atoms with E-state index >= 15 is 0 Å². The molecule has 0 aliphatic carbocycles. The lowest BCUT2D eigenvalue weighted by Crippen LogP contribution is -2.09. The molecule has 0 radical (unpaired) electrons. The van der Waals surface area contributed by atoms with Crippen molar-refractivity contribution in [3.8, 4) is 0 Å². The number of para-hydroxylation sites is 5. The molecule has 254 valence electrons. The topological polar surface area (TPSA) is 32.8 Å². The Hall–Kier alpha value is -7.30. The van der Waals surface area contributed by atoms with Crippen LogP contribution in [-0.4, -0.2) is 0 Å². The van der Waals surface area contributed by atoms with Crippen LogP contribution in [0.1, 0.15) is 0 Å². The van der Waals surface area contributed by atoms with Gasteiger partial charge in [0.25, 0.3) is 0 Å². The van der Waals surface area contributed by atoms with Crippen molar-refractivity contribution in [2.24, 2.45) is 0 Å². The summed E-state index contributed by atoms with van der Waals surface area (Å²) in [4.78, 5) is 4.58. The maximum Gasteiger partial charge on any atom is 0.159 e. The van der Waals surface area contributed by atoms with Crippen LogP contribution in [-0.2, 0) is 0 Å². The van der Waals surface area contributed by atoms with Gasteiger partial charge in [-0.2, -0.15) is 0 Å². The van der Waals surface area contributed by atoms with Crippen LogP contribution in [0, 0.1) is 0 Å². The molecule has 2 heterocycles. The number of benzene rings is 9. The quantitative estimate of drug-likeness (QED) is 0.162. The zero-order valence-electron chi connectivity index (χ0n) is 29.2. The van der Waals surface area contributed by atoms with E-state index in [2.05, 4.69) is 186 Å². The van der Waals surface area contributed by atoms with E-state index in [0.717, 1.165) is 88.8 Å². The Balaban J connectivity index is 1.13. The highest BCUT2D eigenvalue weighted by Crippen LogP contribution is 2.47. The second-order valence-corrected chi connectivity index (χ2v) is 13.7. The SMILES string of the molecule is c1ccc(N(c2ccccc2)c2ccc3c(c2)c2ccccc2c2c4ccc(N(c5ccccc5)c5cccc6c5oc5ccccc56)cc4oc32)cc1. The molecule has 11 rings (SSSR count). The molecule has 4 nitrogen and oxygen atoms in total. The van der Waals surface area contributed by atoms with E-state index in [1.54, 1.807) is 0 Å². The Kier molecular flexibility index (Phi) is 6.82. The Bertz CT molecular complexity index is 3130. The smallest absolute Gasteiger partial charge is 0.159 e. The van der Waals surface area contributed by atoms with Gasteiger partial charge in [0.15, 0.2) is 5.58 Å². The number of hydrogen-bond donors (Lipinski definition) is 0. The van der Waals surface area contributed by atoms with Crippen LogP contribution in [0.2, 0.25) is 0 Å². The van der Waals surface area contributed by atoms with Crippen LogP contribution in [0.15, 0.2) is 203 Å². The van der Waals surface area contributed by atoms with Crippen LogP contribution >= 0.6 is 0 Å². The number of nitrogens with zero attached hydrogens (tertiary/aromatic N) is 2. The lowest BCUT2D eigenvalue weighted by atomic mass is 9.96. The second-order valence-electron chi connectivity index (χ2n) is 13.7. The van der Waals surface area contributed by atoms with Crippen molar-refractivity contribution in [1.29, 1.82) is 0 Å². The lowest BCUT2D eigenvalue weighted by molar-refractivity contribution is 0.668. The summed E-state index contributed by atoms with van der Waals surface area (Å²) in [6.45, 7) is 0. The molecule has 9 aromatic carbocycles. The second kappa shape index (κ2) is 12.1. The monoisotopic (exact) mass is 692 g/mol. The van der Waals surface area contributed by atoms with Crippen molar-refractivity contribution in [3.63, 3.8) is 0 Å². The van der Waals surface area contributed by atoms with Gasteiger partial charge >= 0.3 is 0 Å². The molecule has 0 aliphatic heterocycles. The van der Waals surface area contributed by atoms with Crippen molar-refractivity contribution in [2.45, 2.75) is 0 Å². The van der Waals surface area contributed by atoms with Gasteiger partial charge < -0.3 is 18.6 Å². The van der Waals surface area contributed by atoms with Crippen LogP contribution in [0.5, 0.6) is 0 Å². The highest BCUT2D eigenvalue weighted by atomic mass is 16.3. The van der Waals surface area contributed by atoms with E-state index in [1.165, 1.54) is 10.8 Å². The van der Waals surface area contributed by atoms with Gasteiger partial charge in [0, 0.05) is 55.7 Å². The van der Waals surface area contributed by atoms with Crippen molar-refractivity contribution in [1.82, 2.24) is 0 Å². The fourth-order valence-electron chi connectivity index (χ4n) is 8.22. The summed E-state index contributed by atoms with van der Waals surface area (Å²) in [5.74, 6) is 0. The van der Waals surface area contributed by atoms with Gasteiger partial charge in [0.05, 0.1) is 11.4 Å². The third-order valence-electron chi connectivity index (χ3n) is 10.6. The molecule has 11 aromatic rings. The Morgan fingerprint density at radius 2 is 0.796 bits per heavy atom. The Labute approximate surface area is 311 Å². The number of fused-ring (bicyclic) bond motifs is 11. The highest BCUT2D eigenvalue weighted by Gasteiger charge is 2.22. The standard InChI is InChI=1S/C50H32N2O2/c1-4-15-33(16-5-1)51(34-17-6-2-7-18-34)36-27-29-42-44(31-36)38-21-10-11-23-40(38)48-43-30-28-37(32-47(43)54-50(42)48)52(35-19-8-3-9-20-35)45-25-14-24-41-39-22-12-13-26-46(39)53-49(41)45/h1-32H. The minimum atomic E-state index is 0.831. The molecule has 54 heavy (non-hydrogen) atoms. The van der Waals surface area contributed by atoms with E-state index in [0.29, 0.717) is 0 Å². The zero-order valence-corrected chi connectivity index (χ0v) is 29.2. The molecule has 0 amide bonds. The zero-order chi connectivity index (χ0) is 35.6. The fraction of sp³-hybridized carbons (Fsp3) is 0. The van der Waals surface area contributed by atoms with Gasteiger partial charge in [-0.15, -0.1) is 0 Å². The van der Waals surface area contributed by atoms with Crippen molar-refractivity contribution >= 4 is 99.5 Å². The van der Waals surface area contributed by atoms with Crippen LogP contribution in [0.25, 0.3) is 65.4 Å². The fourth-order valence-corrected chi connectivity index (χ4v) is 8.22. The molecular weight excluding hydrogens is 661 g/mol. The van der Waals surface area contributed by atoms with E-state index in [-0.39, 0.29) is 0 Å². The number of hydrogen-bond acceptors (Lipinski definition) is 4. The largest absolute Gasteiger partial charge is 0.455 e. The normalized spacial score (nSPS) is 11.7. The summed E-state index contributed by atoms with van der Waals surface area (Å²) in [7, 11) is 0. The predicted molar refractivity (Wildman–Crippen MR) is 225 cm³/mol. The third kappa shape index (κ3) is 4.70. The molecule has 0 bridgehead atoms. The maximum absolute atomic E-state index is 6.98. The van der Waals surface area contributed by atoms with Gasteiger partial charge in [-0.3, -0.25) is 0 Å². The summed E-state index contributed by atoms with van der Waals surface area (Å²) < 4.78 is 13.5. The molecule has 0 saturated carbocycles. The predicted octanol–water partition coefficient (Wildman–Crippen LogP) is 14.7. The van der Waals surface area contributed by atoms with Crippen molar-refractivity contribution in [2.75, 3.05) is 9.80 Å². The van der Waals surface area contributed by atoms with Crippen LogP contribution in [0.3, 0.4) is 0 Å². The summed E-state index contributed by atoms with van der Waals surface area (Å²) in [6.07, 6.45) is 0. The van der Waals surface area contributed by atoms with Crippen molar-refractivity contribution in [3.05, 3.63) is 194 Å². The summed E-state index contributed by atoms with van der Waals surface area (Å²) in [5, 5.41) is 8.99. The first-order valence-electron chi connectivity index (χ1n) is 18.3. The Morgan fingerprint density at radius 3 is 1.50 bits per heavy atom. The first-order valence-corrected chi connectivity index (χ1v) is 18.3. The van der Waals surface area contributed by atoms with Gasteiger partial charge in [0.2, 0.25) is 0 Å². The molecular formula is C50H32N2O2. The summed E-state index contributed by atoms with van der Waals surface area (Å²) >= 11 is 0. The van der Waals surface area contributed by atoms with Gasteiger partial charge in [-0.25, -0.2) is 0 Å². The Morgan fingerprint density at radius 1 is 0.278 bits per heavy atom.